The van der Waals surface area contributed by atoms with Crippen molar-refractivity contribution in [2.24, 2.45) is 0 Å². The van der Waals surface area contributed by atoms with Crippen molar-refractivity contribution in [2.45, 2.75) is 6.54 Å². The van der Waals surface area contributed by atoms with Crippen LogP contribution in [-0.2, 0) is 11.3 Å². The molecule has 2 aromatic carbocycles. The van der Waals surface area contributed by atoms with Crippen molar-refractivity contribution in [3.63, 3.8) is 0 Å². The zero-order valence-electron chi connectivity index (χ0n) is 14.3. The van der Waals surface area contributed by atoms with Gasteiger partial charge in [0.25, 0.3) is 5.91 Å². The fourth-order valence-electron chi connectivity index (χ4n) is 2.18. The maximum Gasteiger partial charge on any atom is 0.251 e. The van der Waals surface area contributed by atoms with Gasteiger partial charge in [-0.2, -0.15) is 0 Å². The molecule has 0 spiro atoms. The number of methoxy groups -OCH3 is 2. The second kappa shape index (κ2) is 9.19. The lowest BCUT2D eigenvalue weighted by atomic mass is 10.2. The first-order valence-electron chi connectivity index (χ1n) is 7.65. The molecule has 0 aliphatic heterocycles. The van der Waals surface area contributed by atoms with E-state index in [-0.39, 0.29) is 18.9 Å². The van der Waals surface area contributed by atoms with E-state index in [1.165, 1.54) is 32.4 Å². The van der Waals surface area contributed by atoms with Crippen molar-refractivity contribution in [3.05, 3.63) is 57.8 Å². The van der Waals surface area contributed by atoms with Gasteiger partial charge in [-0.25, -0.2) is 4.39 Å². The van der Waals surface area contributed by atoms with Gasteiger partial charge in [-0.1, -0.05) is 15.9 Å². The van der Waals surface area contributed by atoms with Crippen LogP contribution in [0.3, 0.4) is 0 Å². The van der Waals surface area contributed by atoms with E-state index in [0.29, 0.717) is 27.1 Å². The Hall–Kier alpha value is -2.61. The largest absolute Gasteiger partial charge is 0.493 e. The molecule has 0 atom stereocenters. The normalized spacial score (nSPS) is 10.2. The minimum absolute atomic E-state index is 0.142. The standard InChI is InChI=1S/C18H18BrFN2O4/c1-25-15-6-3-11(8-16(15)26-2)18(24)22-10-17(23)21-9-12-7-13(20)4-5-14(12)19/h3-8H,9-10H2,1-2H3,(H,21,23)(H,22,24). The Kier molecular flexibility index (Phi) is 6.97. The van der Waals surface area contributed by atoms with Crippen LogP contribution in [0.4, 0.5) is 4.39 Å². The van der Waals surface area contributed by atoms with Crippen molar-refractivity contribution in [1.82, 2.24) is 10.6 Å². The second-order valence-electron chi connectivity index (χ2n) is 5.26. The van der Waals surface area contributed by atoms with Crippen LogP contribution in [0.15, 0.2) is 40.9 Å². The number of halogens is 2. The summed E-state index contributed by atoms with van der Waals surface area (Å²) in [5.41, 5.74) is 0.938. The molecular weight excluding hydrogens is 407 g/mol. The van der Waals surface area contributed by atoms with E-state index >= 15 is 0 Å². The summed E-state index contributed by atoms with van der Waals surface area (Å²) < 4.78 is 24.2. The smallest absolute Gasteiger partial charge is 0.251 e. The van der Waals surface area contributed by atoms with Gasteiger partial charge in [0.2, 0.25) is 5.91 Å². The van der Waals surface area contributed by atoms with E-state index in [0.717, 1.165) is 0 Å². The van der Waals surface area contributed by atoms with E-state index in [2.05, 4.69) is 26.6 Å². The molecule has 0 heterocycles. The second-order valence-corrected chi connectivity index (χ2v) is 6.12. The zero-order valence-corrected chi connectivity index (χ0v) is 15.9. The number of rotatable bonds is 7. The molecule has 0 aliphatic rings. The Labute approximate surface area is 158 Å². The van der Waals surface area contributed by atoms with Crippen molar-refractivity contribution in [2.75, 3.05) is 20.8 Å². The SMILES string of the molecule is COc1ccc(C(=O)NCC(=O)NCc2cc(F)ccc2Br)cc1OC. The van der Waals surface area contributed by atoms with E-state index in [1.54, 1.807) is 18.2 Å². The molecule has 2 aromatic rings. The summed E-state index contributed by atoms with van der Waals surface area (Å²) in [6.45, 7) is -0.0660. The van der Waals surface area contributed by atoms with Crippen molar-refractivity contribution < 1.29 is 23.5 Å². The highest BCUT2D eigenvalue weighted by Gasteiger charge is 2.12. The zero-order chi connectivity index (χ0) is 19.1. The van der Waals surface area contributed by atoms with Gasteiger partial charge < -0.3 is 20.1 Å². The molecular formula is C18H18BrFN2O4. The highest BCUT2D eigenvalue weighted by Crippen LogP contribution is 2.27. The van der Waals surface area contributed by atoms with Crippen molar-refractivity contribution in [3.8, 4) is 11.5 Å². The van der Waals surface area contributed by atoms with Gasteiger partial charge >= 0.3 is 0 Å². The third-order valence-electron chi connectivity index (χ3n) is 3.54. The monoisotopic (exact) mass is 424 g/mol. The molecule has 0 unspecified atom stereocenters. The Bertz CT molecular complexity index is 814. The topological polar surface area (TPSA) is 76.7 Å². The lowest BCUT2D eigenvalue weighted by molar-refractivity contribution is -0.120. The number of nitrogens with one attached hydrogen (secondary N) is 2. The Morgan fingerprint density at radius 3 is 2.46 bits per heavy atom. The molecule has 0 aliphatic carbocycles. The summed E-state index contributed by atoms with van der Waals surface area (Å²) in [6, 6.07) is 8.91. The first-order valence-corrected chi connectivity index (χ1v) is 8.44. The Morgan fingerprint density at radius 2 is 1.77 bits per heavy atom. The Morgan fingerprint density at radius 1 is 1.04 bits per heavy atom. The molecule has 6 nitrogen and oxygen atoms in total. The lowest BCUT2D eigenvalue weighted by Crippen LogP contribution is -2.36. The number of hydrogen-bond acceptors (Lipinski definition) is 4. The Balaban J connectivity index is 1.88. The summed E-state index contributed by atoms with van der Waals surface area (Å²) in [6.07, 6.45) is 0. The van der Waals surface area contributed by atoms with E-state index in [1.807, 2.05) is 0 Å². The molecule has 0 saturated heterocycles. The summed E-state index contributed by atoms with van der Waals surface area (Å²) in [5.74, 6) is -0.287. The maximum atomic E-state index is 13.2. The predicted octanol–water partition coefficient (Wildman–Crippen LogP) is 2.65. The first-order chi connectivity index (χ1) is 12.4. The molecule has 0 bridgehead atoms. The van der Waals surface area contributed by atoms with Gasteiger partial charge in [-0.15, -0.1) is 0 Å². The number of benzene rings is 2. The van der Waals surface area contributed by atoms with Crippen molar-refractivity contribution >= 4 is 27.7 Å². The van der Waals surface area contributed by atoms with Crippen LogP contribution in [0, 0.1) is 5.82 Å². The predicted molar refractivity (Wildman–Crippen MR) is 97.8 cm³/mol. The number of hydrogen-bond donors (Lipinski definition) is 2. The lowest BCUT2D eigenvalue weighted by Gasteiger charge is -2.10. The van der Waals surface area contributed by atoms with Crippen LogP contribution in [0.5, 0.6) is 11.5 Å². The molecule has 2 amide bonds. The highest BCUT2D eigenvalue weighted by molar-refractivity contribution is 9.10. The van der Waals surface area contributed by atoms with E-state index in [4.69, 9.17) is 9.47 Å². The average Bonchev–Trinajstić information content (AvgIpc) is 2.66. The van der Waals surface area contributed by atoms with Gasteiger partial charge in [-0.05, 0) is 42.0 Å². The van der Waals surface area contributed by atoms with Gasteiger partial charge in [0, 0.05) is 16.6 Å². The molecule has 8 heteroatoms. The van der Waals surface area contributed by atoms with Crippen LogP contribution in [0.1, 0.15) is 15.9 Å². The molecule has 0 radical (unpaired) electrons. The van der Waals surface area contributed by atoms with Crippen molar-refractivity contribution in [1.29, 1.82) is 0 Å². The van der Waals surface area contributed by atoms with Gasteiger partial charge in [-0.3, -0.25) is 9.59 Å². The van der Waals surface area contributed by atoms with E-state index in [9.17, 15) is 14.0 Å². The summed E-state index contributed by atoms with van der Waals surface area (Å²) in [4.78, 5) is 24.0. The molecule has 0 saturated carbocycles. The molecule has 0 aromatic heterocycles. The van der Waals surface area contributed by atoms with Gasteiger partial charge in [0.05, 0.1) is 20.8 Å². The minimum atomic E-state index is -0.423. The summed E-state index contributed by atoms with van der Waals surface area (Å²) >= 11 is 3.29. The highest BCUT2D eigenvalue weighted by atomic mass is 79.9. The third-order valence-corrected chi connectivity index (χ3v) is 4.31. The average molecular weight is 425 g/mol. The fraction of sp³-hybridized carbons (Fsp3) is 0.222. The number of carbonyl (C=O) groups is 2. The molecule has 2 N–H and O–H groups in total. The fourth-order valence-corrected chi connectivity index (χ4v) is 2.56. The minimum Gasteiger partial charge on any atom is -0.493 e. The molecule has 138 valence electrons. The van der Waals surface area contributed by atoms with Crippen LogP contribution < -0.4 is 20.1 Å². The first kappa shape index (κ1) is 19.7. The quantitative estimate of drug-likeness (QED) is 0.716. The van der Waals surface area contributed by atoms with E-state index < -0.39 is 11.8 Å². The summed E-state index contributed by atoms with van der Waals surface area (Å²) in [5, 5.41) is 5.14. The van der Waals surface area contributed by atoms with Crippen LogP contribution in [0.2, 0.25) is 0 Å². The molecule has 26 heavy (non-hydrogen) atoms. The molecule has 0 fully saturated rings. The van der Waals surface area contributed by atoms with Crippen LogP contribution in [-0.4, -0.2) is 32.6 Å². The van der Waals surface area contributed by atoms with Crippen LogP contribution in [0.25, 0.3) is 0 Å². The van der Waals surface area contributed by atoms with Gasteiger partial charge in [0.1, 0.15) is 5.82 Å². The summed E-state index contributed by atoms with van der Waals surface area (Å²) in [7, 11) is 2.97. The third kappa shape index (κ3) is 5.19. The number of amides is 2. The maximum absolute atomic E-state index is 13.2. The number of carbonyl (C=O) groups excluding carboxylic acids is 2. The number of ether oxygens (including phenoxy) is 2. The van der Waals surface area contributed by atoms with Gasteiger partial charge in [0.15, 0.2) is 11.5 Å². The molecule has 2 rings (SSSR count). The van der Waals surface area contributed by atoms with Crippen LogP contribution >= 0.6 is 15.9 Å².